The summed E-state index contributed by atoms with van der Waals surface area (Å²) >= 11 is 1.27. The molecule has 4 aromatic carbocycles. The molecular formula is C40H41FN2O8S. The normalized spacial score (nSPS) is 19.0. The van der Waals surface area contributed by atoms with Gasteiger partial charge in [-0.05, 0) is 54.4 Å². The number of aliphatic carboxylic acids is 1. The number of carboxylic acid groups (broad SMARTS) is 1. The predicted molar refractivity (Wildman–Crippen MR) is 195 cm³/mol. The van der Waals surface area contributed by atoms with Crippen molar-refractivity contribution < 1.29 is 42.8 Å². The molecule has 2 aliphatic heterocycles. The topological polar surface area (TPSA) is 124 Å². The molecule has 2 aliphatic rings. The number of halogens is 1. The van der Waals surface area contributed by atoms with Crippen molar-refractivity contribution in [3.63, 3.8) is 0 Å². The maximum Gasteiger partial charge on any atom is 0.417 e. The van der Waals surface area contributed by atoms with Gasteiger partial charge in [-0.25, -0.2) is 18.9 Å². The van der Waals surface area contributed by atoms with Crippen LogP contribution in [-0.2, 0) is 29.6 Å². The SMILES string of the molecule is Cc1ccc(C2(CS[C@@H](C(=O)N3C(=O)OCC3c3ccccc3)[C@H](Nc3ccc(F)cc3)c3ccc(OCC(=O)O)cc3)OCC(C)(C)CO2)cc1. The van der Waals surface area contributed by atoms with Gasteiger partial charge < -0.3 is 29.4 Å². The summed E-state index contributed by atoms with van der Waals surface area (Å²) in [4.78, 5) is 40.8. The van der Waals surface area contributed by atoms with E-state index in [0.29, 0.717) is 30.2 Å². The van der Waals surface area contributed by atoms with Gasteiger partial charge in [0.2, 0.25) is 11.7 Å². The highest BCUT2D eigenvalue weighted by molar-refractivity contribution is 8.00. The largest absolute Gasteiger partial charge is 0.482 e. The van der Waals surface area contributed by atoms with Gasteiger partial charge in [0.15, 0.2) is 6.61 Å². The third-order valence-corrected chi connectivity index (χ3v) is 10.3. The minimum atomic E-state index is -1.22. The second-order valence-corrected chi connectivity index (χ2v) is 14.8. The number of benzene rings is 4. The number of aryl methyl sites for hydroxylation is 1. The van der Waals surface area contributed by atoms with E-state index in [4.69, 9.17) is 24.1 Å². The molecule has 2 saturated heterocycles. The lowest BCUT2D eigenvalue weighted by Crippen LogP contribution is -2.49. The van der Waals surface area contributed by atoms with E-state index in [1.807, 2.05) is 61.5 Å². The summed E-state index contributed by atoms with van der Waals surface area (Å²) < 4.78 is 38.0. The van der Waals surface area contributed by atoms with Crippen molar-refractivity contribution in [1.29, 1.82) is 0 Å². The number of amides is 2. The molecule has 6 rings (SSSR count). The number of anilines is 1. The van der Waals surface area contributed by atoms with Crippen molar-refractivity contribution in [2.75, 3.05) is 37.5 Å². The lowest BCUT2D eigenvalue weighted by Gasteiger charge is -2.44. The molecule has 0 aromatic heterocycles. The first-order chi connectivity index (χ1) is 24.9. The molecule has 3 atom stereocenters. The molecule has 0 aliphatic carbocycles. The van der Waals surface area contributed by atoms with Crippen LogP contribution in [0.3, 0.4) is 0 Å². The molecular weight excluding hydrogens is 688 g/mol. The van der Waals surface area contributed by atoms with Crippen LogP contribution in [0, 0.1) is 18.2 Å². The third kappa shape index (κ3) is 8.58. The Morgan fingerprint density at radius 2 is 1.62 bits per heavy atom. The number of imide groups is 1. The van der Waals surface area contributed by atoms with Gasteiger partial charge in [0.1, 0.15) is 29.5 Å². The molecule has 272 valence electrons. The average Bonchev–Trinajstić information content (AvgIpc) is 3.53. The predicted octanol–water partition coefficient (Wildman–Crippen LogP) is 7.50. The van der Waals surface area contributed by atoms with Crippen molar-refractivity contribution in [2.24, 2.45) is 5.41 Å². The zero-order chi connectivity index (χ0) is 36.9. The molecule has 4 aromatic rings. The summed E-state index contributed by atoms with van der Waals surface area (Å²) in [6.07, 6.45) is -0.762. The van der Waals surface area contributed by atoms with E-state index in [0.717, 1.165) is 16.7 Å². The average molecular weight is 729 g/mol. The Hall–Kier alpha value is -4.91. The molecule has 0 spiro atoms. The summed E-state index contributed by atoms with van der Waals surface area (Å²) in [5.41, 5.74) is 3.50. The molecule has 10 nitrogen and oxygen atoms in total. The first-order valence-corrected chi connectivity index (χ1v) is 18.0. The van der Waals surface area contributed by atoms with Crippen molar-refractivity contribution in [3.05, 3.63) is 131 Å². The van der Waals surface area contributed by atoms with Crippen LogP contribution in [0.5, 0.6) is 5.75 Å². The van der Waals surface area contributed by atoms with Gasteiger partial charge in [0.05, 0.1) is 25.0 Å². The number of cyclic esters (lactones) is 1. The van der Waals surface area contributed by atoms with Crippen LogP contribution in [0.15, 0.2) is 103 Å². The molecule has 2 fully saturated rings. The van der Waals surface area contributed by atoms with Crippen LogP contribution < -0.4 is 10.1 Å². The van der Waals surface area contributed by atoms with Crippen molar-refractivity contribution in [3.8, 4) is 5.75 Å². The van der Waals surface area contributed by atoms with Gasteiger partial charge in [0.25, 0.3) is 0 Å². The fourth-order valence-electron chi connectivity index (χ4n) is 6.06. The maximum atomic E-state index is 15.0. The second kappa shape index (κ2) is 15.8. The number of hydrogen-bond acceptors (Lipinski definition) is 9. The minimum Gasteiger partial charge on any atom is -0.482 e. The van der Waals surface area contributed by atoms with Crippen LogP contribution in [0.25, 0.3) is 0 Å². The molecule has 52 heavy (non-hydrogen) atoms. The summed E-state index contributed by atoms with van der Waals surface area (Å²) in [6, 6.07) is 28.1. The molecule has 0 radical (unpaired) electrons. The zero-order valence-electron chi connectivity index (χ0n) is 29.1. The van der Waals surface area contributed by atoms with Gasteiger partial charge in [-0.15, -0.1) is 11.8 Å². The lowest BCUT2D eigenvalue weighted by atomic mass is 9.93. The maximum absolute atomic E-state index is 15.0. The number of carboxylic acids is 1. The molecule has 2 heterocycles. The molecule has 2 amide bonds. The number of rotatable bonds is 13. The number of thioether (sulfide) groups is 1. The van der Waals surface area contributed by atoms with Gasteiger partial charge >= 0.3 is 12.1 Å². The fourth-order valence-corrected chi connectivity index (χ4v) is 7.46. The zero-order valence-corrected chi connectivity index (χ0v) is 29.9. The smallest absolute Gasteiger partial charge is 0.417 e. The van der Waals surface area contributed by atoms with E-state index >= 15 is 4.79 Å². The van der Waals surface area contributed by atoms with E-state index < -0.39 is 53.5 Å². The summed E-state index contributed by atoms with van der Waals surface area (Å²) in [7, 11) is 0. The number of nitrogens with zero attached hydrogens (tertiary/aromatic N) is 1. The van der Waals surface area contributed by atoms with Gasteiger partial charge in [-0.2, -0.15) is 0 Å². The quantitative estimate of drug-likeness (QED) is 0.143. The van der Waals surface area contributed by atoms with Crippen LogP contribution in [-0.4, -0.2) is 65.4 Å². The number of ether oxygens (including phenoxy) is 4. The summed E-state index contributed by atoms with van der Waals surface area (Å²) in [5.74, 6) is -2.79. The Labute approximate surface area is 306 Å². The van der Waals surface area contributed by atoms with E-state index in [1.165, 1.54) is 28.8 Å². The van der Waals surface area contributed by atoms with Crippen LogP contribution in [0.2, 0.25) is 0 Å². The molecule has 0 bridgehead atoms. The van der Waals surface area contributed by atoms with Crippen LogP contribution >= 0.6 is 11.8 Å². The standard InChI is InChI=1S/C40H41FN2O8S/c1-26-9-13-29(14-10-26)40(50-23-39(2,3)24-51-40)25-52-36(37(46)43-33(21-49-38(43)47)27-7-5-4-6-8-27)35(42-31-17-15-30(41)16-18-31)28-11-19-32(20-12-28)48-22-34(44)45/h4-20,33,35-36,42H,21-25H2,1-3H3,(H,44,45)/t33?,35-,36-/m1/s1. The molecule has 1 unspecified atom stereocenters. The highest BCUT2D eigenvalue weighted by Crippen LogP contribution is 2.43. The minimum absolute atomic E-state index is 0.00769. The summed E-state index contributed by atoms with van der Waals surface area (Å²) in [5, 5.41) is 11.5. The van der Waals surface area contributed by atoms with E-state index in [9.17, 15) is 14.0 Å². The second-order valence-electron chi connectivity index (χ2n) is 13.7. The fraction of sp³-hybridized carbons (Fsp3) is 0.325. The van der Waals surface area contributed by atoms with E-state index in [1.54, 1.807) is 36.4 Å². The number of nitrogens with one attached hydrogen (secondary N) is 1. The number of hydrogen-bond donors (Lipinski definition) is 2. The van der Waals surface area contributed by atoms with Gasteiger partial charge in [0, 0.05) is 16.7 Å². The highest BCUT2D eigenvalue weighted by Gasteiger charge is 2.48. The van der Waals surface area contributed by atoms with Gasteiger partial charge in [-0.3, -0.25) is 4.79 Å². The monoisotopic (exact) mass is 728 g/mol. The Morgan fingerprint density at radius 1 is 0.962 bits per heavy atom. The van der Waals surface area contributed by atoms with E-state index in [2.05, 4.69) is 19.2 Å². The first kappa shape index (κ1) is 36.9. The molecule has 2 N–H and O–H groups in total. The van der Waals surface area contributed by atoms with Gasteiger partial charge in [-0.1, -0.05) is 86.1 Å². The van der Waals surface area contributed by atoms with E-state index in [-0.39, 0.29) is 17.8 Å². The number of carbonyl (C=O) groups excluding carboxylic acids is 2. The first-order valence-electron chi connectivity index (χ1n) is 16.9. The Morgan fingerprint density at radius 3 is 2.25 bits per heavy atom. The molecule has 12 heteroatoms. The number of carbonyl (C=O) groups is 3. The van der Waals surface area contributed by atoms with Crippen molar-refractivity contribution in [1.82, 2.24) is 4.90 Å². The summed E-state index contributed by atoms with van der Waals surface area (Å²) in [6.45, 7) is 6.39. The van der Waals surface area contributed by atoms with Crippen molar-refractivity contribution in [2.45, 2.75) is 43.9 Å². The molecule has 0 saturated carbocycles. The highest BCUT2D eigenvalue weighted by atomic mass is 32.2. The Bertz CT molecular complexity index is 1850. The van der Waals surface area contributed by atoms with Crippen molar-refractivity contribution >= 4 is 35.4 Å². The Kier molecular flexibility index (Phi) is 11.2. The Balaban J connectivity index is 1.43. The van der Waals surface area contributed by atoms with Crippen LogP contribution in [0.1, 0.15) is 48.2 Å². The third-order valence-electron chi connectivity index (χ3n) is 8.95. The lowest BCUT2D eigenvalue weighted by molar-refractivity contribution is -0.295. The van der Waals surface area contributed by atoms with Crippen LogP contribution in [0.4, 0.5) is 14.9 Å².